The van der Waals surface area contributed by atoms with Crippen molar-refractivity contribution < 1.29 is 4.79 Å². The molecule has 58 valence electrons. The van der Waals surface area contributed by atoms with Crippen molar-refractivity contribution in [3.05, 3.63) is 11.6 Å². The largest absolute Gasteiger partial charge is 0.295 e. The lowest BCUT2D eigenvalue weighted by Gasteiger charge is -1.96. The first-order chi connectivity index (χ1) is 4.72. The fraction of sp³-hybridized carbons (Fsp3) is 0.667. The molecule has 1 heteroatoms. The minimum Gasteiger partial charge on any atom is -0.295 e. The molecule has 0 unspecified atom stereocenters. The summed E-state index contributed by atoms with van der Waals surface area (Å²) in [5.41, 5.74) is 0.897. The normalized spacial score (nSPS) is 11.7. The first kappa shape index (κ1) is 9.41. The monoisotopic (exact) mass is 140 g/mol. The van der Waals surface area contributed by atoms with Crippen molar-refractivity contribution in [3.63, 3.8) is 0 Å². The number of hydrogen-bond acceptors (Lipinski definition) is 1. The second-order valence-electron chi connectivity index (χ2n) is 2.50. The van der Waals surface area contributed by atoms with Gasteiger partial charge in [0.05, 0.1) is 0 Å². The highest BCUT2D eigenvalue weighted by Crippen LogP contribution is 2.02. The van der Waals surface area contributed by atoms with Crippen LogP contribution in [-0.2, 0) is 4.79 Å². The van der Waals surface area contributed by atoms with E-state index >= 15 is 0 Å². The van der Waals surface area contributed by atoms with Crippen molar-refractivity contribution in [1.82, 2.24) is 0 Å². The van der Waals surface area contributed by atoms with Crippen LogP contribution >= 0.6 is 0 Å². The third-order valence-electron chi connectivity index (χ3n) is 1.63. The molecule has 0 bridgehead atoms. The van der Waals surface area contributed by atoms with E-state index in [-0.39, 0.29) is 0 Å². The van der Waals surface area contributed by atoms with E-state index in [9.17, 15) is 4.79 Å². The molecule has 1 nitrogen and oxygen atoms in total. The van der Waals surface area contributed by atoms with Crippen molar-refractivity contribution in [2.45, 2.75) is 40.0 Å². The quantitative estimate of drug-likeness (QED) is 0.549. The topological polar surface area (TPSA) is 17.1 Å². The molecule has 0 saturated heterocycles. The third-order valence-corrected chi connectivity index (χ3v) is 1.63. The Morgan fingerprint density at radius 2 is 2.10 bits per heavy atom. The minimum absolute atomic E-state index is 0.296. The van der Waals surface area contributed by atoms with Gasteiger partial charge in [0, 0.05) is 6.42 Å². The maximum atomic E-state index is 11.1. The molecule has 0 rings (SSSR count). The van der Waals surface area contributed by atoms with E-state index in [2.05, 4.69) is 6.92 Å². The average molecular weight is 140 g/mol. The predicted molar refractivity (Wildman–Crippen MR) is 44.0 cm³/mol. The number of rotatable bonds is 4. The number of unbranched alkanes of at least 4 members (excludes halogenated alkanes) is 1. The summed E-state index contributed by atoms with van der Waals surface area (Å²) in [6, 6.07) is 0. The van der Waals surface area contributed by atoms with Crippen LogP contribution in [0.25, 0.3) is 0 Å². The van der Waals surface area contributed by atoms with Gasteiger partial charge in [-0.3, -0.25) is 4.79 Å². The number of Topliss-reactive ketones (excluding diaryl/α,β-unsaturated/α-hetero) is 1. The number of allylic oxidation sites excluding steroid dienone is 2. The Balaban J connectivity index is 3.63. The van der Waals surface area contributed by atoms with E-state index in [1.165, 1.54) is 0 Å². The molecule has 0 aliphatic carbocycles. The maximum Gasteiger partial charge on any atom is 0.158 e. The summed E-state index contributed by atoms with van der Waals surface area (Å²) >= 11 is 0. The summed E-state index contributed by atoms with van der Waals surface area (Å²) in [6.07, 6.45) is 4.71. The lowest BCUT2D eigenvalue weighted by molar-refractivity contribution is -0.115. The Labute approximate surface area is 63.1 Å². The number of hydrogen-bond donors (Lipinski definition) is 0. The van der Waals surface area contributed by atoms with Gasteiger partial charge in [-0.2, -0.15) is 0 Å². The third kappa shape index (κ3) is 3.44. The van der Waals surface area contributed by atoms with Gasteiger partial charge >= 0.3 is 0 Å². The smallest absolute Gasteiger partial charge is 0.158 e. The average Bonchev–Trinajstić information content (AvgIpc) is 1.98. The van der Waals surface area contributed by atoms with E-state index in [0.717, 1.165) is 18.4 Å². The number of carbonyl (C=O) groups excluding carboxylic acids is 1. The Morgan fingerprint density at radius 1 is 1.50 bits per heavy atom. The molecule has 0 aromatic rings. The van der Waals surface area contributed by atoms with Crippen LogP contribution in [0.2, 0.25) is 0 Å². The van der Waals surface area contributed by atoms with Crippen molar-refractivity contribution in [2.75, 3.05) is 0 Å². The molecule has 0 N–H and O–H groups in total. The van der Waals surface area contributed by atoms with Gasteiger partial charge in [0.2, 0.25) is 0 Å². The van der Waals surface area contributed by atoms with Crippen molar-refractivity contribution in [3.8, 4) is 0 Å². The lowest BCUT2D eigenvalue weighted by atomic mass is 10.1. The Hall–Kier alpha value is -0.590. The molecule has 0 aromatic heterocycles. The molecule has 0 fully saturated rings. The lowest BCUT2D eigenvalue weighted by Crippen LogP contribution is -1.97. The van der Waals surface area contributed by atoms with Crippen LogP contribution in [0.5, 0.6) is 0 Å². The van der Waals surface area contributed by atoms with Gasteiger partial charge in [-0.15, -0.1) is 0 Å². The van der Waals surface area contributed by atoms with Crippen molar-refractivity contribution >= 4 is 5.78 Å². The van der Waals surface area contributed by atoms with E-state index in [0.29, 0.717) is 12.2 Å². The molecule has 0 spiro atoms. The van der Waals surface area contributed by atoms with Crippen LogP contribution in [0.4, 0.5) is 0 Å². The molecular weight excluding hydrogens is 124 g/mol. The zero-order valence-electron chi connectivity index (χ0n) is 7.11. The van der Waals surface area contributed by atoms with E-state index in [1.807, 2.05) is 19.9 Å². The fourth-order valence-electron chi connectivity index (χ4n) is 0.695. The van der Waals surface area contributed by atoms with Crippen LogP contribution in [0, 0.1) is 0 Å². The highest BCUT2D eigenvalue weighted by molar-refractivity contribution is 5.94. The van der Waals surface area contributed by atoms with E-state index in [1.54, 1.807) is 0 Å². The number of ketones is 1. The first-order valence-electron chi connectivity index (χ1n) is 3.88. The Morgan fingerprint density at radius 3 is 2.50 bits per heavy atom. The molecule has 0 aromatic carbocycles. The van der Waals surface area contributed by atoms with Crippen molar-refractivity contribution in [2.24, 2.45) is 0 Å². The SMILES string of the molecule is C/C=C(\C)C(=O)CCCC. The van der Waals surface area contributed by atoms with Gasteiger partial charge in [-0.05, 0) is 25.8 Å². The molecule has 0 amide bonds. The van der Waals surface area contributed by atoms with Gasteiger partial charge in [0.15, 0.2) is 5.78 Å². The van der Waals surface area contributed by atoms with Crippen LogP contribution in [0.3, 0.4) is 0 Å². The predicted octanol–water partition coefficient (Wildman–Crippen LogP) is 2.71. The summed E-state index contributed by atoms with van der Waals surface area (Å²) in [6.45, 7) is 5.87. The summed E-state index contributed by atoms with van der Waals surface area (Å²) in [7, 11) is 0. The fourth-order valence-corrected chi connectivity index (χ4v) is 0.695. The van der Waals surface area contributed by atoms with Crippen LogP contribution in [0.1, 0.15) is 40.0 Å². The zero-order chi connectivity index (χ0) is 7.98. The molecule has 0 radical (unpaired) electrons. The van der Waals surface area contributed by atoms with Crippen LogP contribution in [0.15, 0.2) is 11.6 Å². The zero-order valence-corrected chi connectivity index (χ0v) is 7.11. The van der Waals surface area contributed by atoms with Gasteiger partial charge in [-0.25, -0.2) is 0 Å². The summed E-state index contributed by atoms with van der Waals surface area (Å²) in [4.78, 5) is 11.1. The summed E-state index contributed by atoms with van der Waals surface area (Å²) in [5, 5.41) is 0. The first-order valence-corrected chi connectivity index (χ1v) is 3.88. The Bertz CT molecular complexity index is 134. The molecule has 0 aliphatic heterocycles. The van der Waals surface area contributed by atoms with Crippen LogP contribution in [-0.4, -0.2) is 5.78 Å². The summed E-state index contributed by atoms with van der Waals surface area (Å²) in [5.74, 6) is 0.296. The molecule has 0 atom stereocenters. The van der Waals surface area contributed by atoms with Crippen molar-refractivity contribution in [1.29, 1.82) is 0 Å². The molecular formula is C9H16O. The van der Waals surface area contributed by atoms with E-state index in [4.69, 9.17) is 0 Å². The second kappa shape index (κ2) is 5.21. The minimum atomic E-state index is 0.296. The highest BCUT2D eigenvalue weighted by atomic mass is 16.1. The van der Waals surface area contributed by atoms with Gasteiger partial charge in [0.1, 0.15) is 0 Å². The van der Waals surface area contributed by atoms with Gasteiger partial charge < -0.3 is 0 Å². The molecule has 0 saturated carbocycles. The standard InChI is InChI=1S/C9H16O/c1-4-6-7-9(10)8(3)5-2/h5H,4,6-7H2,1-3H3/b8-5+. The molecule has 0 aliphatic rings. The molecule has 0 heterocycles. The van der Waals surface area contributed by atoms with Gasteiger partial charge in [-0.1, -0.05) is 19.4 Å². The maximum absolute atomic E-state index is 11.1. The second-order valence-corrected chi connectivity index (χ2v) is 2.50. The summed E-state index contributed by atoms with van der Waals surface area (Å²) < 4.78 is 0. The van der Waals surface area contributed by atoms with Crippen LogP contribution < -0.4 is 0 Å². The van der Waals surface area contributed by atoms with E-state index < -0.39 is 0 Å². The number of carbonyl (C=O) groups is 1. The molecule has 10 heavy (non-hydrogen) atoms. The highest BCUT2D eigenvalue weighted by Gasteiger charge is 2.00. The Kier molecular flexibility index (Phi) is 4.91. The van der Waals surface area contributed by atoms with Gasteiger partial charge in [0.25, 0.3) is 0 Å².